The van der Waals surface area contributed by atoms with Crippen molar-refractivity contribution in [1.29, 1.82) is 0 Å². The fourth-order valence-corrected chi connectivity index (χ4v) is 1.50. The molecule has 0 aliphatic carbocycles. The highest BCUT2D eigenvalue weighted by atomic mass is 16.5. The molecule has 0 saturated carbocycles. The Morgan fingerprint density at radius 1 is 1.44 bits per heavy atom. The average Bonchev–Trinajstić information content (AvgIpc) is 2.56. The molecule has 1 heterocycles. The molecule has 1 rings (SSSR count). The van der Waals surface area contributed by atoms with Gasteiger partial charge in [-0.1, -0.05) is 0 Å². The van der Waals surface area contributed by atoms with E-state index in [4.69, 9.17) is 4.74 Å². The topological polar surface area (TPSA) is 73.3 Å². The molecule has 0 unspecified atom stereocenters. The van der Waals surface area contributed by atoms with Crippen LogP contribution in [0.5, 0.6) is 0 Å². The lowest BCUT2D eigenvalue weighted by atomic mass is 10.2. The zero-order valence-electron chi connectivity index (χ0n) is 9.70. The molecule has 0 atom stereocenters. The van der Waals surface area contributed by atoms with Gasteiger partial charge >= 0.3 is 11.7 Å². The number of carbonyl (C=O) groups excluding carboxylic acids is 1. The lowest BCUT2D eigenvalue weighted by Crippen LogP contribution is -2.14. The summed E-state index contributed by atoms with van der Waals surface area (Å²) in [6.45, 7) is 0.583. The number of H-pyrrole nitrogens is 1. The van der Waals surface area contributed by atoms with E-state index in [1.165, 1.54) is 11.7 Å². The minimum atomic E-state index is -0.523. The molecule has 0 bridgehead atoms. The molecule has 6 heteroatoms. The van der Waals surface area contributed by atoms with E-state index in [1.54, 1.807) is 14.2 Å². The van der Waals surface area contributed by atoms with Crippen LogP contribution in [0.3, 0.4) is 0 Å². The quantitative estimate of drug-likeness (QED) is 0.572. The van der Waals surface area contributed by atoms with Crippen molar-refractivity contribution in [2.75, 3.05) is 20.8 Å². The smallest absolute Gasteiger partial charge is 0.356 e. The van der Waals surface area contributed by atoms with Gasteiger partial charge < -0.3 is 9.47 Å². The minimum absolute atomic E-state index is 0.228. The van der Waals surface area contributed by atoms with Crippen molar-refractivity contribution in [2.24, 2.45) is 7.05 Å². The molecule has 90 valence electrons. The highest BCUT2D eigenvalue weighted by molar-refractivity contribution is 5.88. The number of aromatic nitrogens is 2. The summed E-state index contributed by atoms with van der Waals surface area (Å²) >= 11 is 0. The largest absolute Gasteiger partial charge is 0.464 e. The number of hydrogen-bond donors (Lipinski definition) is 1. The van der Waals surface area contributed by atoms with Crippen LogP contribution in [-0.4, -0.2) is 36.3 Å². The standard InChI is InChI=1S/C10H16N2O4/c1-12-7(5-4-6-15-2)8(9(13)16-3)11-10(12)14/h4-6H2,1-3H3,(H,11,14). The summed E-state index contributed by atoms with van der Waals surface area (Å²) in [5.74, 6) is -0.523. The van der Waals surface area contributed by atoms with Gasteiger partial charge in [0.25, 0.3) is 0 Å². The third kappa shape index (κ3) is 2.52. The van der Waals surface area contributed by atoms with E-state index in [9.17, 15) is 9.59 Å². The molecular formula is C10H16N2O4. The lowest BCUT2D eigenvalue weighted by molar-refractivity contribution is 0.0592. The van der Waals surface area contributed by atoms with Crippen LogP contribution >= 0.6 is 0 Å². The lowest BCUT2D eigenvalue weighted by Gasteiger charge is -2.04. The van der Waals surface area contributed by atoms with Crippen molar-refractivity contribution in [3.63, 3.8) is 0 Å². The second-order valence-corrected chi connectivity index (χ2v) is 3.40. The average molecular weight is 228 g/mol. The van der Waals surface area contributed by atoms with Crippen LogP contribution in [0.25, 0.3) is 0 Å². The second-order valence-electron chi connectivity index (χ2n) is 3.40. The molecule has 1 aromatic rings. The summed E-state index contributed by atoms with van der Waals surface area (Å²) in [6, 6.07) is 0. The number of nitrogens with one attached hydrogen (secondary N) is 1. The SMILES string of the molecule is COCCCc1c(C(=O)OC)[nH]c(=O)n1C. The van der Waals surface area contributed by atoms with Crippen LogP contribution in [0.4, 0.5) is 0 Å². The number of esters is 1. The predicted octanol–water partition coefficient (Wildman–Crippen LogP) is 0.0790. The zero-order chi connectivity index (χ0) is 12.1. The molecule has 1 aromatic heterocycles. The first kappa shape index (κ1) is 12.5. The molecule has 0 amide bonds. The highest BCUT2D eigenvalue weighted by Crippen LogP contribution is 2.07. The van der Waals surface area contributed by atoms with Crippen molar-refractivity contribution >= 4 is 5.97 Å². The third-order valence-electron chi connectivity index (χ3n) is 2.38. The van der Waals surface area contributed by atoms with Crippen molar-refractivity contribution in [1.82, 2.24) is 9.55 Å². The molecule has 0 aliphatic rings. The molecule has 6 nitrogen and oxygen atoms in total. The summed E-state index contributed by atoms with van der Waals surface area (Å²) in [5, 5.41) is 0. The molecule has 1 N–H and O–H groups in total. The summed E-state index contributed by atoms with van der Waals surface area (Å²) in [5.41, 5.74) is 0.563. The monoisotopic (exact) mass is 228 g/mol. The number of nitrogens with zero attached hydrogens (tertiary/aromatic N) is 1. The Labute approximate surface area is 93.2 Å². The second kappa shape index (κ2) is 5.50. The van der Waals surface area contributed by atoms with Gasteiger partial charge in [0.2, 0.25) is 0 Å². The van der Waals surface area contributed by atoms with E-state index in [-0.39, 0.29) is 11.4 Å². The maximum atomic E-state index is 11.4. The first-order valence-corrected chi connectivity index (χ1v) is 4.97. The van der Waals surface area contributed by atoms with E-state index < -0.39 is 5.97 Å². The van der Waals surface area contributed by atoms with Crippen LogP contribution in [0, 0.1) is 0 Å². The van der Waals surface area contributed by atoms with Crippen molar-refractivity contribution in [3.05, 3.63) is 21.9 Å². The van der Waals surface area contributed by atoms with E-state index in [2.05, 4.69) is 9.72 Å². The predicted molar refractivity (Wildman–Crippen MR) is 57.6 cm³/mol. The van der Waals surface area contributed by atoms with Crippen LogP contribution in [0.1, 0.15) is 22.6 Å². The van der Waals surface area contributed by atoms with Crippen molar-refractivity contribution < 1.29 is 14.3 Å². The van der Waals surface area contributed by atoms with Gasteiger partial charge in [-0.3, -0.25) is 9.55 Å². The van der Waals surface area contributed by atoms with Gasteiger partial charge in [0.15, 0.2) is 0 Å². The Bertz CT molecular complexity index is 419. The Morgan fingerprint density at radius 3 is 2.69 bits per heavy atom. The van der Waals surface area contributed by atoms with Crippen LogP contribution in [0.15, 0.2) is 4.79 Å². The van der Waals surface area contributed by atoms with Gasteiger partial charge in [-0.25, -0.2) is 9.59 Å². The van der Waals surface area contributed by atoms with Crippen molar-refractivity contribution in [2.45, 2.75) is 12.8 Å². The number of ether oxygens (including phenoxy) is 2. The van der Waals surface area contributed by atoms with E-state index in [1.807, 2.05) is 0 Å². The number of rotatable bonds is 5. The summed E-state index contributed by atoms with van der Waals surface area (Å²) in [7, 11) is 4.51. The zero-order valence-corrected chi connectivity index (χ0v) is 9.70. The molecule has 0 fully saturated rings. The number of carbonyl (C=O) groups is 1. The maximum absolute atomic E-state index is 11.4. The fourth-order valence-electron chi connectivity index (χ4n) is 1.50. The third-order valence-corrected chi connectivity index (χ3v) is 2.38. The van der Waals surface area contributed by atoms with Crippen molar-refractivity contribution in [3.8, 4) is 0 Å². The number of aromatic amines is 1. The molecule has 0 radical (unpaired) electrons. The van der Waals surface area contributed by atoms with E-state index in [0.717, 1.165) is 6.42 Å². The summed E-state index contributed by atoms with van der Waals surface area (Å²) in [4.78, 5) is 25.3. The number of imidazole rings is 1. The Hall–Kier alpha value is -1.56. The Balaban J connectivity index is 2.95. The van der Waals surface area contributed by atoms with Gasteiger partial charge in [0.1, 0.15) is 5.69 Å². The van der Waals surface area contributed by atoms with E-state index >= 15 is 0 Å². The first-order valence-electron chi connectivity index (χ1n) is 4.97. The normalized spacial score (nSPS) is 10.4. The molecule has 0 aliphatic heterocycles. The molecule has 0 aromatic carbocycles. The first-order chi connectivity index (χ1) is 7.61. The fraction of sp³-hybridized carbons (Fsp3) is 0.600. The highest BCUT2D eigenvalue weighted by Gasteiger charge is 2.17. The summed E-state index contributed by atoms with van der Waals surface area (Å²) in [6.07, 6.45) is 1.33. The maximum Gasteiger partial charge on any atom is 0.356 e. The molecule has 0 saturated heterocycles. The minimum Gasteiger partial charge on any atom is -0.464 e. The van der Waals surface area contributed by atoms with Crippen LogP contribution in [0.2, 0.25) is 0 Å². The summed E-state index contributed by atoms with van der Waals surface area (Å²) < 4.78 is 10.9. The molecular weight excluding hydrogens is 212 g/mol. The Kier molecular flexibility index (Phi) is 4.30. The van der Waals surface area contributed by atoms with Gasteiger partial charge in [-0.15, -0.1) is 0 Å². The van der Waals surface area contributed by atoms with Gasteiger partial charge in [-0.05, 0) is 12.8 Å². The van der Waals surface area contributed by atoms with Gasteiger partial charge in [-0.2, -0.15) is 0 Å². The van der Waals surface area contributed by atoms with Gasteiger partial charge in [0, 0.05) is 20.8 Å². The van der Waals surface area contributed by atoms with E-state index in [0.29, 0.717) is 18.7 Å². The number of hydrogen-bond acceptors (Lipinski definition) is 4. The molecule has 0 spiro atoms. The van der Waals surface area contributed by atoms with Crippen LogP contribution in [-0.2, 0) is 22.9 Å². The van der Waals surface area contributed by atoms with Gasteiger partial charge in [0.05, 0.1) is 12.8 Å². The van der Waals surface area contributed by atoms with Crippen LogP contribution < -0.4 is 5.69 Å². The number of methoxy groups -OCH3 is 2. The Morgan fingerprint density at radius 2 is 2.12 bits per heavy atom. The molecule has 16 heavy (non-hydrogen) atoms.